The SMILES string of the molecule is COc1cccc([N+](=O)[O-])c1C(=O)N1CC(C(=O)O)C1. The Labute approximate surface area is 113 Å². The molecule has 1 aromatic carbocycles. The fourth-order valence-corrected chi connectivity index (χ4v) is 2.02. The molecule has 0 unspecified atom stereocenters. The number of likely N-dealkylation sites (tertiary alicyclic amines) is 1. The molecule has 8 heteroatoms. The Morgan fingerprint density at radius 2 is 2.10 bits per heavy atom. The van der Waals surface area contributed by atoms with Crippen LogP contribution in [0.25, 0.3) is 0 Å². The van der Waals surface area contributed by atoms with E-state index >= 15 is 0 Å². The van der Waals surface area contributed by atoms with Crippen molar-refractivity contribution in [1.29, 1.82) is 0 Å². The first-order valence-electron chi connectivity index (χ1n) is 5.79. The van der Waals surface area contributed by atoms with E-state index in [1.165, 1.54) is 30.2 Å². The molecule has 1 aliphatic heterocycles. The molecule has 0 spiro atoms. The third kappa shape index (κ3) is 2.27. The molecule has 1 aromatic rings. The summed E-state index contributed by atoms with van der Waals surface area (Å²) >= 11 is 0. The van der Waals surface area contributed by atoms with Crippen molar-refractivity contribution in [3.05, 3.63) is 33.9 Å². The molecule has 1 saturated heterocycles. The van der Waals surface area contributed by atoms with Gasteiger partial charge in [0.2, 0.25) is 0 Å². The molecule has 2 rings (SSSR count). The van der Waals surface area contributed by atoms with Gasteiger partial charge in [0.25, 0.3) is 11.6 Å². The number of amides is 1. The number of hydrogen-bond donors (Lipinski definition) is 1. The van der Waals surface area contributed by atoms with E-state index in [1.54, 1.807) is 0 Å². The van der Waals surface area contributed by atoms with E-state index in [9.17, 15) is 19.7 Å². The lowest BCUT2D eigenvalue weighted by molar-refractivity contribution is -0.385. The number of hydrogen-bond acceptors (Lipinski definition) is 5. The van der Waals surface area contributed by atoms with E-state index in [2.05, 4.69) is 0 Å². The van der Waals surface area contributed by atoms with Gasteiger partial charge >= 0.3 is 5.97 Å². The van der Waals surface area contributed by atoms with Gasteiger partial charge in [-0.15, -0.1) is 0 Å². The molecule has 106 valence electrons. The molecule has 0 radical (unpaired) electrons. The standard InChI is InChI=1S/C12H12N2O6/c1-20-9-4-2-3-8(14(18)19)10(9)11(15)13-5-7(6-13)12(16)17/h2-4,7H,5-6H2,1H3,(H,16,17). The van der Waals surface area contributed by atoms with Gasteiger partial charge in [0, 0.05) is 19.2 Å². The molecule has 1 heterocycles. The zero-order chi connectivity index (χ0) is 14.9. The zero-order valence-electron chi connectivity index (χ0n) is 10.6. The second-order valence-corrected chi connectivity index (χ2v) is 4.36. The molecule has 0 saturated carbocycles. The normalized spacial score (nSPS) is 14.6. The van der Waals surface area contributed by atoms with Crippen LogP contribution in [-0.4, -0.2) is 47.0 Å². The van der Waals surface area contributed by atoms with Gasteiger partial charge in [-0.1, -0.05) is 6.07 Å². The average molecular weight is 280 g/mol. The van der Waals surface area contributed by atoms with Crippen molar-refractivity contribution in [1.82, 2.24) is 4.90 Å². The van der Waals surface area contributed by atoms with Crippen molar-refractivity contribution in [2.45, 2.75) is 0 Å². The number of carboxylic acid groups (broad SMARTS) is 1. The third-order valence-corrected chi connectivity index (χ3v) is 3.15. The number of carbonyl (C=O) groups excluding carboxylic acids is 1. The molecule has 1 fully saturated rings. The maximum atomic E-state index is 12.2. The molecule has 1 amide bonds. The Hall–Kier alpha value is -2.64. The van der Waals surface area contributed by atoms with Crippen LogP contribution in [0.15, 0.2) is 18.2 Å². The highest BCUT2D eigenvalue weighted by Crippen LogP contribution is 2.31. The van der Waals surface area contributed by atoms with E-state index in [-0.39, 0.29) is 30.1 Å². The molecule has 0 bridgehead atoms. The number of aliphatic carboxylic acids is 1. The van der Waals surface area contributed by atoms with Crippen LogP contribution < -0.4 is 4.74 Å². The summed E-state index contributed by atoms with van der Waals surface area (Å²) in [6, 6.07) is 4.09. The first kappa shape index (κ1) is 13.8. The topological polar surface area (TPSA) is 110 Å². The number of nitrogens with zero attached hydrogens (tertiary/aromatic N) is 2. The van der Waals surface area contributed by atoms with E-state index < -0.39 is 22.7 Å². The van der Waals surface area contributed by atoms with Gasteiger partial charge < -0.3 is 14.7 Å². The monoisotopic (exact) mass is 280 g/mol. The summed E-state index contributed by atoms with van der Waals surface area (Å²) in [5.74, 6) is -2.09. The Morgan fingerprint density at radius 1 is 1.45 bits per heavy atom. The molecule has 0 aliphatic carbocycles. The maximum absolute atomic E-state index is 12.2. The van der Waals surface area contributed by atoms with E-state index in [0.29, 0.717) is 0 Å². The van der Waals surface area contributed by atoms with Crippen LogP contribution in [0.4, 0.5) is 5.69 Å². The number of nitro groups is 1. The first-order chi connectivity index (χ1) is 9.45. The predicted molar refractivity (Wildman–Crippen MR) is 66.7 cm³/mol. The lowest BCUT2D eigenvalue weighted by atomic mass is 9.98. The number of carboxylic acids is 1. The van der Waals surface area contributed by atoms with Gasteiger partial charge in [0.1, 0.15) is 5.75 Å². The van der Waals surface area contributed by atoms with E-state index in [4.69, 9.17) is 9.84 Å². The largest absolute Gasteiger partial charge is 0.496 e. The van der Waals surface area contributed by atoms with Gasteiger partial charge in [-0.3, -0.25) is 19.7 Å². The summed E-state index contributed by atoms with van der Waals surface area (Å²) in [7, 11) is 1.31. The molecular formula is C12H12N2O6. The third-order valence-electron chi connectivity index (χ3n) is 3.15. The van der Waals surface area contributed by atoms with Crippen LogP contribution in [0, 0.1) is 16.0 Å². The molecule has 8 nitrogen and oxygen atoms in total. The minimum absolute atomic E-state index is 0.0450. The van der Waals surface area contributed by atoms with Crippen LogP contribution in [-0.2, 0) is 4.79 Å². The lowest BCUT2D eigenvalue weighted by Gasteiger charge is -2.36. The van der Waals surface area contributed by atoms with Crippen LogP contribution in [0.1, 0.15) is 10.4 Å². The summed E-state index contributed by atoms with van der Waals surface area (Å²) in [5, 5.41) is 19.8. The van der Waals surface area contributed by atoms with Gasteiger partial charge in [-0.2, -0.15) is 0 Å². The minimum atomic E-state index is -0.983. The van der Waals surface area contributed by atoms with Gasteiger partial charge in [0.05, 0.1) is 18.0 Å². The highest BCUT2D eigenvalue weighted by atomic mass is 16.6. The highest BCUT2D eigenvalue weighted by Gasteiger charge is 2.39. The minimum Gasteiger partial charge on any atom is -0.496 e. The summed E-state index contributed by atoms with van der Waals surface area (Å²) in [4.78, 5) is 34.5. The summed E-state index contributed by atoms with van der Waals surface area (Å²) < 4.78 is 4.98. The number of nitro benzene ring substituents is 1. The van der Waals surface area contributed by atoms with Crippen LogP contribution in [0.2, 0.25) is 0 Å². The smallest absolute Gasteiger partial charge is 0.310 e. The Kier molecular flexibility index (Phi) is 3.55. The average Bonchev–Trinajstić information content (AvgIpc) is 2.35. The number of rotatable bonds is 4. The maximum Gasteiger partial charge on any atom is 0.310 e. The van der Waals surface area contributed by atoms with Crippen molar-refractivity contribution in [3.63, 3.8) is 0 Å². The number of carbonyl (C=O) groups is 2. The second-order valence-electron chi connectivity index (χ2n) is 4.36. The van der Waals surface area contributed by atoms with Crippen LogP contribution in [0.3, 0.4) is 0 Å². The van der Waals surface area contributed by atoms with Crippen molar-refractivity contribution in [2.24, 2.45) is 5.92 Å². The van der Waals surface area contributed by atoms with Crippen LogP contribution in [0.5, 0.6) is 5.75 Å². The Bertz CT molecular complexity index is 579. The quantitative estimate of drug-likeness (QED) is 0.644. The fraction of sp³-hybridized carbons (Fsp3) is 0.333. The number of ether oxygens (including phenoxy) is 1. The van der Waals surface area contributed by atoms with E-state index in [0.717, 1.165) is 0 Å². The molecular weight excluding hydrogens is 268 g/mol. The van der Waals surface area contributed by atoms with Crippen molar-refractivity contribution in [3.8, 4) is 5.75 Å². The van der Waals surface area contributed by atoms with Crippen molar-refractivity contribution >= 4 is 17.6 Å². The fourth-order valence-electron chi connectivity index (χ4n) is 2.02. The first-order valence-corrected chi connectivity index (χ1v) is 5.79. The number of methoxy groups -OCH3 is 1. The summed E-state index contributed by atoms with van der Waals surface area (Å²) in [5.41, 5.74) is -0.503. The molecule has 1 N–H and O–H groups in total. The van der Waals surface area contributed by atoms with Crippen molar-refractivity contribution < 1.29 is 24.4 Å². The highest BCUT2D eigenvalue weighted by molar-refractivity contribution is 6.01. The van der Waals surface area contributed by atoms with Gasteiger partial charge in [-0.05, 0) is 6.07 Å². The second kappa shape index (κ2) is 5.16. The molecule has 0 atom stereocenters. The Balaban J connectivity index is 2.30. The van der Waals surface area contributed by atoms with E-state index in [1.807, 2.05) is 0 Å². The summed E-state index contributed by atoms with van der Waals surface area (Å²) in [6.45, 7) is 0.0900. The predicted octanol–water partition coefficient (Wildman–Crippen LogP) is 0.760. The lowest BCUT2D eigenvalue weighted by Crippen LogP contribution is -2.53. The van der Waals surface area contributed by atoms with Gasteiger partial charge in [-0.25, -0.2) is 0 Å². The molecule has 0 aromatic heterocycles. The zero-order valence-corrected chi connectivity index (χ0v) is 10.6. The number of benzene rings is 1. The van der Waals surface area contributed by atoms with Gasteiger partial charge in [0.15, 0.2) is 5.56 Å². The Morgan fingerprint density at radius 3 is 2.60 bits per heavy atom. The summed E-state index contributed by atoms with van der Waals surface area (Å²) in [6.07, 6.45) is 0. The van der Waals surface area contributed by atoms with Crippen LogP contribution >= 0.6 is 0 Å². The molecule has 1 aliphatic rings. The molecule has 20 heavy (non-hydrogen) atoms. The van der Waals surface area contributed by atoms with Crippen molar-refractivity contribution in [2.75, 3.05) is 20.2 Å².